The van der Waals surface area contributed by atoms with Crippen molar-refractivity contribution in [2.45, 2.75) is 12.8 Å². The van der Waals surface area contributed by atoms with E-state index in [0.29, 0.717) is 22.7 Å². The van der Waals surface area contributed by atoms with Crippen molar-refractivity contribution in [2.75, 3.05) is 5.32 Å². The van der Waals surface area contributed by atoms with Gasteiger partial charge in [0.1, 0.15) is 5.52 Å². The van der Waals surface area contributed by atoms with Gasteiger partial charge < -0.3 is 9.73 Å². The second-order valence-corrected chi connectivity index (χ2v) is 7.76. The molecule has 0 aliphatic carbocycles. The molecule has 4 heteroatoms. The van der Waals surface area contributed by atoms with Crippen molar-refractivity contribution in [2.24, 2.45) is 0 Å². The van der Waals surface area contributed by atoms with Crippen LogP contribution < -0.4 is 5.32 Å². The summed E-state index contributed by atoms with van der Waals surface area (Å²) in [7, 11) is 0. The van der Waals surface area contributed by atoms with Gasteiger partial charge in [-0.05, 0) is 47.9 Å². The third kappa shape index (κ3) is 3.91. The third-order valence-electron chi connectivity index (χ3n) is 5.56. The molecule has 0 spiro atoms. The van der Waals surface area contributed by atoms with Crippen LogP contribution in [0.5, 0.6) is 0 Å². The fourth-order valence-corrected chi connectivity index (χ4v) is 3.93. The van der Waals surface area contributed by atoms with Gasteiger partial charge in [-0.1, -0.05) is 78.9 Å². The molecule has 1 heterocycles. The average molecular weight is 418 g/mol. The van der Waals surface area contributed by atoms with Crippen LogP contribution in [0.4, 0.5) is 5.69 Å². The number of benzene rings is 4. The van der Waals surface area contributed by atoms with Crippen LogP contribution in [0.25, 0.3) is 22.6 Å². The number of anilines is 1. The van der Waals surface area contributed by atoms with E-state index in [1.807, 2.05) is 110 Å². The van der Waals surface area contributed by atoms with E-state index in [4.69, 9.17) is 4.42 Å². The standard InChI is InChI=1S/C28H22N2O2/c1-19-10-8-9-15-23(19)28-30-24-18-22(16-17-25(24)32-28)29-27(31)26(20-11-4-2-5-12-20)21-13-6-3-7-14-21/h2-18,26H,1H3,(H,29,31). The molecule has 0 aliphatic rings. The number of amides is 1. The van der Waals surface area contributed by atoms with Gasteiger partial charge in [-0.15, -0.1) is 0 Å². The Morgan fingerprint density at radius 3 is 2.09 bits per heavy atom. The smallest absolute Gasteiger partial charge is 0.236 e. The normalized spacial score (nSPS) is 11.1. The number of nitrogens with zero attached hydrogens (tertiary/aromatic N) is 1. The van der Waals surface area contributed by atoms with Gasteiger partial charge >= 0.3 is 0 Å². The van der Waals surface area contributed by atoms with Gasteiger partial charge in [0, 0.05) is 11.3 Å². The fourth-order valence-electron chi connectivity index (χ4n) is 3.93. The number of carbonyl (C=O) groups is 1. The van der Waals surface area contributed by atoms with Crippen molar-refractivity contribution >= 4 is 22.7 Å². The van der Waals surface area contributed by atoms with E-state index in [0.717, 1.165) is 22.3 Å². The number of hydrogen-bond acceptors (Lipinski definition) is 3. The molecule has 0 saturated heterocycles. The van der Waals surface area contributed by atoms with Crippen LogP contribution in [0.15, 0.2) is 108 Å². The molecule has 5 aromatic rings. The first-order chi connectivity index (χ1) is 15.7. The Morgan fingerprint density at radius 1 is 0.812 bits per heavy atom. The van der Waals surface area contributed by atoms with E-state index in [1.54, 1.807) is 0 Å². The average Bonchev–Trinajstić information content (AvgIpc) is 3.24. The minimum Gasteiger partial charge on any atom is -0.436 e. The Kier molecular flexibility index (Phi) is 5.26. The third-order valence-corrected chi connectivity index (χ3v) is 5.56. The maximum atomic E-state index is 13.4. The summed E-state index contributed by atoms with van der Waals surface area (Å²) in [6, 6.07) is 33.2. The van der Waals surface area contributed by atoms with Gasteiger partial charge in [0.15, 0.2) is 5.58 Å². The molecule has 0 saturated carbocycles. The van der Waals surface area contributed by atoms with Crippen LogP contribution in [0.2, 0.25) is 0 Å². The number of fused-ring (bicyclic) bond motifs is 1. The molecule has 156 valence electrons. The van der Waals surface area contributed by atoms with Gasteiger partial charge in [-0.25, -0.2) is 4.98 Å². The lowest BCUT2D eigenvalue weighted by Gasteiger charge is -2.18. The first kappa shape index (κ1) is 19.8. The first-order valence-electron chi connectivity index (χ1n) is 10.6. The zero-order valence-corrected chi connectivity index (χ0v) is 17.7. The van der Waals surface area contributed by atoms with E-state index < -0.39 is 5.92 Å². The van der Waals surface area contributed by atoms with Crippen molar-refractivity contribution in [3.8, 4) is 11.5 Å². The monoisotopic (exact) mass is 418 g/mol. The van der Waals surface area contributed by atoms with Crippen molar-refractivity contribution in [1.29, 1.82) is 0 Å². The van der Waals surface area contributed by atoms with Gasteiger partial charge in [0.2, 0.25) is 11.8 Å². The highest BCUT2D eigenvalue weighted by Gasteiger charge is 2.23. The minimum atomic E-state index is -0.409. The maximum Gasteiger partial charge on any atom is 0.236 e. The van der Waals surface area contributed by atoms with Gasteiger partial charge in [0.25, 0.3) is 0 Å². The zero-order valence-electron chi connectivity index (χ0n) is 17.7. The Balaban J connectivity index is 1.46. The van der Waals surface area contributed by atoms with Crippen LogP contribution in [0.1, 0.15) is 22.6 Å². The predicted octanol–water partition coefficient (Wildman–Crippen LogP) is 6.57. The summed E-state index contributed by atoms with van der Waals surface area (Å²) in [5.74, 6) is 0.0744. The molecule has 0 aliphatic heterocycles. The summed E-state index contributed by atoms with van der Waals surface area (Å²) in [5, 5.41) is 3.07. The Bertz CT molecular complexity index is 1340. The topological polar surface area (TPSA) is 55.1 Å². The molecular weight excluding hydrogens is 396 g/mol. The SMILES string of the molecule is Cc1ccccc1-c1nc2cc(NC(=O)C(c3ccccc3)c3ccccc3)ccc2o1. The minimum absolute atomic E-state index is 0.0932. The van der Waals surface area contributed by atoms with Crippen LogP contribution in [0, 0.1) is 6.92 Å². The highest BCUT2D eigenvalue weighted by molar-refractivity contribution is 5.99. The molecule has 0 atom stereocenters. The second-order valence-electron chi connectivity index (χ2n) is 7.76. The van der Waals surface area contributed by atoms with Gasteiger partial charge in [-0.3, -0.25) is 4.79 Å². The number of nitrogens with one attached hydrogen (secondary N) is 1. The van der Waals surface area contributed by atoms with Gasteiger partial charge in [-0.2, -0.15) is 0 Å². The summed E-state index contributed by atoms with van der Waals surface area (Å²) in [6.45, 7) is 2.03. The molecule has 0 radical (unpaired) electrons. The number of rotatable bonds is 5. The molecule has 4 aromatic carbocycles. The summed E-state index contributed by atoms with van der Waals surface area (Å²) < 4.78 is 5.96. The molecule has 4 nitrogen and oxygen atoms in total. The van der Waals surface area contributed by atoms with Crippen molar-refractivity contribution in [3.05, 3.63) is 120 Å². The van der Waals surface area contributed by atoms with Crippen molar-refractivity contribution in [1.82, 2.24) is 4.98 Å². The molecule has 0 bridgehead atoms. The molecule has 0 fully saturated rings. The molecule has 1 amide bonds. The quantitative estimate of drug-likeness (QED) is 0.351. The summed E-state index contributed by atoms with van der Waals surface area (Å²) in [4.78, 5) is 18.0. The molecule has 1 aromatic heterocycles. The Labute approximate surface area is 186 Å². The summed E-state index contributed by atoms with van der Waals surface area (Å²) >= 11 is 0. The van der Waals surface area contributed by atoms with E-state index in [-0.39, 0.29) is 5.91 Å². The maximum absolute atomic E-state index is 13.4. The molecule has 32 heavy (non-hydrogen) atoms. The molecular formula is C28H22N2O2. The highest BCUT2D eigenvalue weighted by Crippen LogP contribution is 2.30. The lowest BCUT2D eigenvalue weighted by molar-refractivity contribution is -0.116. The second kappa shape index (κ2) is 8.52. The van der Waals surface area contributed by atoms with Crippen LogP contribution in [-0.4, -0.2) is 10.9 Å². The largest absolute Gasteiger partial charge is 0.436 e. The number of aryl methyl sites for hydroxylation is 1. The fraction of sp³-hybridized carbons (Fsp3) is 0.0714. The van der Waals surface area contributed by atoms with E-state index in [9.17, 15) is 4.79 Å². The van der Waals surface area contributed by atoms with Crippen molar-refractivity contribution < 1.29 is 9.21 Å². The number of oxazole rings is 1. The van der Waals surface area contributed by atoms with Crippen molar-refractivity contribution in [3.63, 3.8) is 0 Å². The van der Waals surface area contributed by atoms with E-state index in [1.165, 1.54) is 0 Å². The zero-order chi connectivity index (χ0) is 21.9. The number of hydrogen-bond donors (Lipinski definition) is 1. The van der Waals surface area contributed by atoms with Gasteiger partial charge in [0.05, 0.1) is 5.92 Å². The first-order valence-corrected chi connectivity index (χ1v) is 10.6. The van der Waals surface area contributed by atoms with E-state index >= 15 is 0 Å². The summed E-state index contributed by atoms with van der Waals surface area (Å²) in [5.41, 5.74) is 6.02. The number of aromatic nitrogens is 1. The lowest BCUT2D eigenvalue weighted by Crippen LogP contribution is -2.22. The molecule has 1 N–H and O–H groups in total. The Hall–Kier alpha value is -4.18. The van der Waals surface area contributed by atoms with E-state index in [2.05, 4.69) is 10.3 Å². The highest BCUT2D eigenvalue weighted by atomic mass is 16.3. The lowest BCUT2D eigenvalue weighted by atomic mass is 9.90. The number of carbonyl (C=O) groups excluding carboxylic acids is 1. The van der Waals surface area contributed by atoms with Crippen LogP contribution >= 0.6 is 0 Å². The van der Waals surface area contributed by atoms with Crippen LogP contribution in [-0.2, 0) is 4.79 Å². The van der Waals surface area contributed by atoms with Crippen LogP contribution in [0.3, 0.4) is 0 Å². The molecule has 5 rings (SSSR count). The molecule has 0 unspecified atom stereocenters. The predicted molar refractivity (Wildman–Crippen MR) is 128 cm³/mol. The Morgan fingerprint density at radius 2 is 1.44 bits per heavy atom. The summed E-state index contributed by atoms with van der Waals surface area (Å²) in [6.07, 6.45) is 0.